The predicted octanol–water partition coefficient (Wildman–Crippen LogP) is 5.81. The van der Waals surface area contributed by atoms with E-state index in [1.54, 1.807) is 0 Å². The van der Waals surface area contributed by atoms with Crippen LogP contribution in [-0.2, 0) is 20.6 Å². The Hall–Kier alpha value is -4.22. The van der Waals surface area contributed by atoms with Crippen LogP contribution in [0.15, 0.2) is 61.4 Å². The molecule has 0 unspecified atom stereocenters. The molecule has 15 nitrogen and oxygen atoms in total. The monoisotopic (exact) mass is 906 g/mol. The zero-order valence-corrected chi connectivity index (χ0v) is 37.9. The zero-order chi connectivity index (χ0) is 42.9. The van der Waals surface area contributed by atoms with Crippen molar-refractivity contribution >= 4 is 56.4 Å². The van der Waals surface area contributed by atoms with E-state index < -0.39 is 0 Å². The molecule has 10 aliphatic rings. The Morgan fingerprint density at radius 2 is 1.02 bits per heavy atom. The number of ether oxygens (including phenoxy) is 2. The molecule has 2 aromatic carbocycles. The fraction of sp³-hybridized carbons (Fsp3) is 0.574. The summed E-state index contributed by atoms with van der Waals surface area (Å²) in [4.78, 5) is 9.68. The van der Waals surface area contributed by atoms with E-state index in [1.807, 2.05) is 40.2 Å². The fourth-order valence-corrected chi connectivity index (χ4v) is 12.9. The van der Waals surface area contributed by atoms with Crippen molar-refractivity contribution in [3.8, 4) is 11.4 Å². The summed E-state index contributed by atoms with van der Waals surface area (Å²) in [6.45, 7) is 12.6. The molecule has 336 valence electrons. The minimum Gasteiger partial charge on any atom is -0.389 e. The average Bonchev–Trinajstić information content (AvgIpc) is 4.10. The summed E-state index contributed by atoms with van der Waals surface area (Å²) in [6.07, 6.45) is 19.2. The first-order chi connectivity index (χ1) is 31.2. The molecule has 0 radical (unpaired) electrons. The molecular weight excluding hydrogens is 852 g/mol. The van der Waals surface area contributed by atoms with Gasteiger partial charge in [0.15, 0.2) is 0 Å². The Balaban J connectivity index is 0.000000129. The molecule has 10 fully saturated rings. The molecule has 1 N–H and O–H groups in total. The molecule has 6 aliphatic carbocycles. The SMILES string of the molecule is C[C@H]1COC[C@H]1N1CCN(c2cc3c(cnn3-c3cnn(C45CC(C4)C5)c3)cc2Cl)CC1.O[C@H]1COC[C@H]1N1CCN(c2cc3c(cnn3-c3cnn(C45CC(C4)C5)c3)cc2Cl)CC1. The van der Waals surface area contributed by atoms with Crippen molar-refractivity contribution in [1.29, 1.82) is 0 Å². The lowest BCUT2D eigenvalue weighted by Gasteiger charge is -2.61. The minimum absolute atomic E-state index is 0.106. The van der Waals surface area contributed by atoms with Crippen molar-refractivity contribution in [3.63, 3.8) is 0 Å². The zero-order valence-electron chi connectivity index (χ0n) is 36.4. The van der Waals surface area contributed by atoms with E-state index in [-0.39, 0.29) is 17.7 Å². The second-order valence-electron chi connectivity index (χ2n) is 20.3. The number of piperazine rings is 2. The first-order valence-electron chi connectivity index (χ1n) is 23.5. The van der Waals surface area contributed by atoms with Gasteiger partial charge in [-0.3, -0.25) is 19.2 Å². The van der Waals surface area contributed by atoms with Gasteiger partial charge in [0.05, 0.1) is 119 Å². The highest BCUT2D eigenvalue weighted by Gasteiger charge is 2.59. The van der Waals surface area contributed by atoms with Crippen LogP contribution in [0.4, 0.5) is 11.4 Å². The third-order valence-electron chi connectivity index (χ3n) is 16.5. The quantitative estimate of drug-likeness (QED) is 0.199. The van der Waals surface area contributed by atoms with Crippen LogP contribution in [0, 0.1) is 17.8 Å². The first-order valence-corrected chi connectivity index (χ1v) is 24.2. The Kier molecular flexibility index (Phi) is 9.49. The van der Waals surface area contributed by atoms with Crippen LogP contribution in [0.1, 0.15) is 45.4 Å². The lowest BCUT2D eigenvalue weighted by molar-refractivity contribution is -0.0978. The molecule has 64 heavy (non-hydrogen) atoms. The van der Waals surface area contributed by atoms with Gasteiger partial charge in [0.2, 0.25) is 0 Å². The third-order valence-corrected chi connectivity index (χ3v) is 17.1. The number of fused-ring (bicyclic) bond motifs is 2. The van der Waals surface area contributed by atoms with Crippen molar-refractivity contribution < 1.29 is 14.6 Å². The number of aromatic nitrogens is 8. The molecule has 16 rings (SSSR count). The number of nitrogens with zero attached hydrogens (tertiary/aromatic N) is 12. The molecule has 0 amide bonds. The molecule has 4 saturated heterocycles. The molecule has 4 bridgehead atoms. The van der Waals surface area contributed by atoms with Crippen LogP contribution >= 0.6 is 23.2 Å². The molecule has 4 atom stereocenters. The number of rotatable bonds is 8. The topological polar surface area (TPSA) is 123 Å². The summed E-state index contributed by atoms with van der Waals surface area (Å²) in [6, 6.07) is 9.10. The van der Waals surface area contributed by atoms with Gasteiger partial charge in [0, 0.05) is 69.2 Å². The van der Waals surface area contributed by atoms with Gasteiger partial charge in [-0.1, -0.05) is 30.1 Å². The van der Waals surface area contributed by atoms with E-state index in [1.165, 1.54) is 38.5 Å². The molecule has 6 saturated carbocycles. The molecule has 8 heterocycles. The van der Waals surface area contributed by atoms with Crippen molar-refractivity contribution in [3.05, 3.63) is 71.5 Å². The van der Waals surface area contributed by atoms with Crippen LogP contribution in [0.2, 0.25) is 10.0 Å². The number of aliphatic hydroxyl groups excluding tert-OH is 1. The Morgan fingerprint density at radius 1 is 0.562 bits per heavy atom. The van der Waals surface area contributed by atoms with Crippen LogP contribution < -0.4 is 9.80 Å². The van der Waals surface area contributed by atoms with Crippen molar-refractivity contribution in [2.45, 2.75) is 74.7 Å². The smallest absolute Gasteiger partial charge is 0.103 e. The van der Waals surface area contributed by atoms with E-state index in [0.717, 1.165) is 132 Å². The van der Waals surface area contributed by atoms with Gasteiger partial charge in [-0.25, -0.2) is 9.36 Å². The molecule has 0 spiro atoms. The Bertz CT molecular complexity index is 2510. The third kappa shape index (κ3) is 6.46. The van der Waals surface area contributed by atoms with E-state index >= 15 is 0 Å². The second kappa shape index (κ2) is 15.2. The maximum absolute atomic E-state index is 10.2. The lowest BCUT2D eigenvalue weighted by atomic mass is 9.50. The van der Waals surface area contributed by atoms with Gasteiger partial charge in [-0.2, -0.15) is 20.4 Å². The summed E-state index contributed by atoms with van der Waals surface area (Å²) in [5, 5.41) is 32.5. The number of hydrogen-bond donors (Lipinski definition) is 1. The Morgan fingerprint density at radius 3 is 1.42 bits per heavy atom. The number of halogens is 2. The molecule has 4 aromatic heterocycles. The Labute approximate surface area is 382 Å². The molecular formula is C47H56Cl2N12O3. The summed E-state index contributed by atoms with van der Waals surface area (Å²) in [7, 11) is 0. The number of aliphatic hydroxyl groups is 1. The van der Waals surface area contributed by atoms with Gasteiger partial charge in [0.1, 0.15) is 11.4 Å². The van der Waals surface area contributed by atoms with Gasteiger partial charge in [-0.15, -0.1) is 0 Å². The van der Waals surface area contributed by atoms with E-state index in [4.69, 9.17) is 37.8 Å². The van der Waals surface area contributed by atoms with E-state index in [2.05, 4.69) is 81.8 Å². The second-order valence-corrected chi connectivity index (χ2v) is 21.1. The maximum Gasteiger partial charge on any atom is 0.103 e. The van der Waals surface area contributed by atoms with E-state index in [9.17, 15) is 5.11 Å². The molecule has 17 heteroatoms. The maximum atomic E-state index is 10.2. The van der Waals surface area contributed by atoms with Crippen LogP contribution in [0.3, 0.4) is 0 Å². The highest BCUT2D eigenvalue weighted by atomic mass is 35.5. The predicted molar refractivity (Wildman–Crippen MR) is 246 cm³/mol. The van der Waals surface area contributed by atoms with Gasteiger partial charge in [0.25, 0.3) is 0 Å². The summed E-state index contributed by atoms with van der Waals surface area (Å²) in [5.74, 6) is 2.47. The van der Waals surface area contributed by atoms with Crippen molar-refractivity contribution in [1.82, 2.24) is 48.9 Å². The normalized spacial score (nSPS) is 32.3. The highest BCUT2D eigenvalue weighted by Crippen LogP contribution is 2.62. The fourth-order valence-electron chi connectivity index (χ4n) is 12.3. The van der Waals surface area contributed by atoms with Crippen molar-refractivity contribution in [2.75, 3.05) is 88.6 Å². The standard InChI is InChI=1S/C24H29ClN6O.C23H27ClN6O2/c1-16-14-32-15-23(16)29-4-2-28(3-5-29)22-7-21-18(6-20(22)25)11-27-31(21)19-12-26-30(13-19)24-8-17(9-24)10-24;24-18-5-16-10-26-30(17-11-25-29(12-17)23-7-15(8-23)9-23)19(16)6-20(18)27-1-3-28(4-2-27)21-13-32-14-22(21)31/h6-7,11-13,16-17,23H,2-5,8-10,14-15H2,1H3;5-6,10-12,15,21-22,31H,1-4,7-9,13-14H2/t16-,17?,23+,24?;15?,21-,22+,23?/m01/s1. The summed E-state index contributed by atoms with van der Waals surface area (Å²) in [5.41, 5.74) is 6.86. The number of hydrogen-bond acceptors (Lipinski definition) is 11. The van der Waals surface area contributed by atoms with Gasteiger partial charge >= 0.3 is 0 Å². The summed E-state index contributed by atoms with van der Waals surface area (Å²) >= 11 is 13.5. The van der Waals surface area contributed by atoms with Gasteiger partial charge in [-0.05, 0) is 80.5 Å². The summed E-state index contributed by atoms with van der Waals surface area (Å²) < 4.78 is 19.5. The minimum atomic E-state index is -0.387. The van der Waals surface area contributed by atoms with E-state index in [0.29, 0.717) is 30.7 Å². The number of anilines is 2. The number of benzene rings is 2. The highest BCUT2D eigenvalue weighted by molar-refractivity contribution is 6.34. The molecule has 6 aromatic rings. The van der Waals surface area contributed by atoms with Crippen LogP contribution in [-0.4, -0.2) is 151 Å². The van der Waals surface area contributed by atoms with Gasteiger partial charge < -0.3 is 24.4 Å². The van der Waals surface area contributed by atoms with Crippen molar-refractivity contribution in [2.24, 2.45) is 17.8 Å². The average molecular weight is 908 g/mol. The largest absolute Gasteiger partial charge is 0.389 e. The lowest BCUT2D eigenvalue weighted by Crippen LogP contribution is -2.59. The van der Waals surface area contributed by atoms with Crippen LogP contribution in [0.5, 0.6) is 0 Å². The molecule has 4 aliphatic heterocycles. The van der Waals surface area contributed by atoms with Crippen LogP contribution in [0.25, 0.3) is 33.2 Å². The first kappa shape index (κ1) is 40.1.